The molecule has 0 radical (unpaired) electrons. The molecule has 1 aromatic carbocycles. The average molecular weight is 565 g/mol. The third kappa shape index (κ3) is 5.13. The molecule has 11 heteroatoms. The van der Waals surface area contributed by atoms with Gasteiger partial charge in [-0.05, 0) is 42.9 Å². The van der Waals surface area contributed by atoms with Crippen molar-refractivity contribution in [3.8, 4) is 0 Å². The number of aliphatic imine (C=N–C) groups is 1. The maximum atomic E-state index is 13.5. The van der Waals surface area contributed by atoms with Crippen LogP contribution in [0.5, 0.6) is 0 Å². The molecule has 4 heterocycles. The largest absolute Gasteiger partial charge is 0.433 e. The predicted octanol–water partition coefficient (Wildman–Crippen LogP) is 4.36. The summed E-state index contributed by atoms with van der Waals surface area (Å²) < 4.78 is 42.0. The van der Waals surface area contributed by atoms with Crippen LogP contribution in [0.15, 0.2) is 47.9 Å². The molecule has 2 aromatic heterocycles. The number of aromatic nitrogens is 3. The number of fused-ring (bicyclic) bond motifs is 1. The number of piperazine rings is 1. The number of rotatable bonds is 5. The first-order valence-electron chi connectivity index (χ1n) is 13.9. The van der Waals surface area contributed by atoms with Gasteiger partial charge >= 0.3 is 6.18 Å². The summed E-state index contributed by atoms with van der Waals surface area (Å²) in [7, 11) is 0. The summed E-state index contributed by atoms with van der Waals surface area (Å²) >= 11 is 0. The van der Waals surface area contributed by atoms with Crippen LogP contribution in [0.2, 0.25) is 0 Å². The second kappa shape index (κ2) is 10.4. The maximum Gasteiger partial charge on any atom is 0.433 e. The van der Waals surface area contributed by atoms with E-state index < -0.39 is 11.9 Å². The van der Waals surface area contributed by atoms with Crippen LogP contribution >= 0.6 is 0 Å². The van der Waals surface area contributed by atoms with E-state index in [9.17, 15) is 22.8 Å². The molecule has 6 rings (SSSR count). The van der Waals surface area contributed by atoms with Crippen LogP contribution < -0.4 is 0 Å². The van der Waals surface area contributed by atoms with Crippen LogP contribution in [-0.2, 0) is 11.2 Å². The van der Waals surface area contributed by atoms with Crippen LogP contribution in [0.3, 0.4) is 0 Å². The van der Waals surface area contributed by atoms with Crippen molar-refractivity contribution in [2.24, 2.45) is 16.8 Å². The number of carbonyl (C=O) groups is 2. The van der Waals surface area contributed by atoms with Crippen molar-refractivity contribution in [2.45, 2.75) is 39.3 Å². The van der Waals surface area contributed by atoms with Crippen molar-refractivity contribution >= 4 is 28.7 Å². The lowest BCUT2D eigenvalue weighted by molar-refractivity contribution is -0.141. The first-order chi connectivity index (χ1) is 19.6. The predicted molar refractivity (Wildman–Crippen MR) is 148 cm³/mol. The monoisotopic (exact) mass is 564 g/mol. The summed E-state index contributed by atoms with van der Waals surface area (Å²) in [5, 5.41) is 0. The quantitative estimate of drug-likeness (QED) is 0.461. The van der Waals surface area contributed by atoms with Gasteiger partial charge in [-0.3, -0.25) is 24.0 Å². The molecule has 214 valence electrons. The summed E-state index contributed by atoms with van der Waals surface area (Å²) in [6.07, 6.45) is 3.80. The lowest BCUT2D eigenvalue weighted by Gasteiger charge is -2.40. The van der Waals surface area contributed by atoms with E-state index in [4.69, 9.17) is 0 Å². The second-order valence-electron chi connectivity index (χ2n) is 11.2. The third-order valence-electron chi connectivity index (χ3n) is 8.34. The zero-order valence-electron chi connectivity index (χ0n) is 23.0. The van der Waals surface area contributed by atoms with E-state index in [1.807, 2.05) is 30.0 Å². The van der Waals surface area contributed by atoms with E-state index in [2.05, 4.69) is 21.9 Å². The first kappa shape index (κ1) is 27.2. The van der Waals surface area contributed by atoms with E-state index in [-0.39, 0.29) is 29.9 Å². The Labute approximate surface area is 235 Å². The molecular weight excluding hydrogens is 533 g/mol. The Hall–Kier alpha value is -4.02. The fraction of sp³-hybridized carbons (Fsp3) is 0.433. The SMILES string of the molecule is Cc1cc(Cc2nccn3c(C4=CCN=C4C(F)(F)F)cnc23)ccc1C(=O)N1CCN(C(=O)[C@H]2C[C@@H](C)C2)CC1. The molecule has 3 aromatic rings. The number of halogens is 3. The molecule has 1 saturated heterocycles. The Morgan fingerprint density at radius 1 is 1.05 bits per heavy atom. The Morgan fingerprint density at radius 3 is 2.46 bits per heavy atom. The van der Waals surface area contributed by atoms with Crippen LogP contribution in [0.4, 0.5) is 13.2 Å². The normalized spacial score (nSPS) is 21.1. The minimum atomic E-state index is -4.54. The molecule has 1 saturated carbocycles. The molecule has 0 spiro atoms. The molecule has 0 bridgehead atoms. The molecule has 1 aliphatic carbocycles. The summed E-state index contributed by atoms with van der Waals surface area (Å²) in [4.78, 5) is 42.2. The van der Waals surface area contributed by atoms with Crippen molar-refractivity contribution in [2.75, 3.05) is 32.7 Å². The number of hydrogen-bond acceptors (Lipinski definition) is 5. The molecule has 0 unspecified atom stereocenters. The Bertz CT molecular complexity index is 1580. The highest BCUT2D eigenvalue weighted by Crippen LogP contribution is 2.35. The number of aryl methyl sites for hydroxylation is 1. The van der Waals surface area contributed by atoms with Crippen molar-refractivity contribution < 1.29 is 22.8 Å². The van der Waals surface area contributed by atoms with Crippen LogP contribution in [0, 0.1) is 18.8 Å². The lowest BCUT2D eigenvalue weighted by Crippen LogP contribution is -2.53. The van der Waals surface area contributed by atoms with Gasteiger partial charge in [0.15, 0.2) is 5.65 Å². The van der Waals surface area contributed by atoms with Crippen molar-refractivity contribution in [3.63, 3.8) is 0 Å². The van der Waals surface area contributed by atoms with Crippen molar-refractivity contribution in [3.05, 3.63) is 70.9 Å². The van der Waals surface area contributed by atoms with Gasteiger partial charge in [-0.1, -0.05) is 25.1 Å². The van der Waals surface area contributed by atoms with Gasteiger partial charge in [0.1, 0.15) is 5.71 Å². The van der Waals surface area contributed by atoms with Crippen LogP contribution in [0.25, 0.3) is 11.2 Å². The second-order valence-corrected chi connectivity index (χ2v) is 11.2. The number of allylic oxidation sites excluding steroid dienone is 1. The molecule has 41 heavy (non-hydrogen) atoms. The Morgan fingerprint density at radius 2 is 1.78 bits per heavy atom. The van der Waals surface area contributed by atoms with Crippen LogP contribution in [-0.4, -0.2) is 80.6 Å². The van der Waals surface area contributed by atoms with Gasteiger partial charge in [-0.2, -0.15) is 13.2 Å². The molecule has 2 aliphatic heterocycles. The van der Waals surface area contributed by atoms with Gasteiger partial charge in [0, 0.05) is 62.0 Å². The third-order valence-corrected chi connectivity index (χ3v) is 8.34. The summed E-state index contributed by atoms with van der Waals surface area (Å²) in [6, 6.07) is 5.63. The fourth-order valence-corrected chi connectivity index (χ4v) is 6.11. The summed E-state index contributed by atoms with van der Waals surface area (Å²) in [6.45, 7) is 6.18. The number of nitrogens with zero attached hydrogens (tertiary/aromatic N) is 6. The van der Waals surface area contributed by atoms with Gasteiger partial charge in [0.05, 0.1) is 24.1 Å². The molecule has 0 atom stereocenters. The lowest BCUT2D eigenvalue weighted by atomic mass is 9.75. The van der Waals surface area contributed by atoms with E-state index in [0.29, 0.717) is 61.1 Å². The van der Waals surface area contributed by atoms with Gasteiger partial charge in [-0.15, -0.1) is 0 Å². The number of imidazole rings is 1. The van der Waals surface area contributed by atoms with E-state index in [0.717, 1.165) is 24.0 Å². The fourth-order valence-electron chi connectivity index (χ4n) is 6.11. The minimum absolute atomic E-state index is 0.0173. The van der Waals surface area contributed by atoms with Gasteiger partial charge < -0.3 is 9.80 Å². The smallest absolute Gasteiger partial charge is 0.339 e. The molecule has 2 amide bonds. The standard InChI is InChI=1S/C30H31F3N6O2/c1-18-13-21(14-18)28(40)37-9-11-38(12-10-37)29(41)22-4-3-20(15-19(22)2)16-24-27-36-17-25(39(27)8-7-34-24)23-5-6-35-26(23)30(31,32)33/h3-5,7-8,15,17-18,21H,6,9-14,16H2,1-2H3/t18-,21+. The molecule has 0 N–H and O–H groups in total. The van der Waals surface area contributed by atoms with Crippen molar-refractivity contribution in [1.29, 1.82) is 0 Å². The molecule has 8 nitrogen and oxygen atoms in total. The Balaban J connectivity index is 1.14. The number of carbonyl (C=O) groups excluding carboxylic acids is 2. The molecule has 2 fully saturated rings. The number of alkyl halides is 3. The Kier molecular flexibility index (Phi) is 6.91. The van der Waals surface area contributed by atoms with E-state index in [1.165, 1.54) is 12.3 Å². The first-order valence-corrected chi connectivity index (χ1v) is 13.9. The summed E-state index contributed by atoms with van der Waals surface area (Å²) in [5.41, 5.74) is 2.88. The van der Waals surface area contributed by atoms with Gasteiger partial charge in [0.25, 0.3) is 5.91 Å². The highest BCUT2D eigenvalue weighted by molar-refractivity contribution is 6.27. The zero-order valence-corrected chi connectivity index (χ0v) is 23.0. The van der Waals surface area contributed by atoms with E-state index >= 15 is 0 Å². The maximum absolute atomic E-state index is 13.5. The molecule has 3 aliphatic rings. The van der Waals surface area contributed by atoms with Crippen LogP contribution in [0.1, 0.15) is 52.6 Å². The summed E-state index contributed by atoms with van der Waals surface area (Å²) in [5.74, 6) is 0.929. The number of hydrogen-bond donors (Lipinski definition) is 0. The highest BCUT2D eigenvalue weighted by Gasteiger charge is 2.40. The van der Waals surface area contributed by atoms with Gasteiger partial charge in [0.2, 0.25) is 5.91 Å². The van der Waals surface area contributed by atoms with Crippen molar-refractivity contribution in [1.82, 2.24) is 24.2 Å². The zero-order chi connectivity index (χ0) is 28.9. The van der Waals surface area contributed by atoms with Gasteiger partial charge in [-0.25, -0.2) is 4.98 Å². The number of benzene rings is 1. The number of amides is 2. The minimum Gasteiger partial charge on any atom is -0.339 e. The highest BCUT2D eigenvalue weighted by atomic mass is 19.4. The topological polar surface area (TPSA) is 83.2 Å². The molecular formula is C30H31F3N6O2. The van der Waals surface area contributed by atoms with E-state index in [1.54, 1.807) is 21.7 Å². The average Bonchev–Trinajstić information content (AvgIpc) is 3.59.